The van der Waals surface area contributed by atoms with Gasteiger partial charge in [-0.25, -0.2) is 0 Å². The maximum Gasteiger partial charge on any atom is 0.143 e. The molecule has 6 aliphatic rings. The summed E-state index contributed by atoms with van der Waals surface area (Å²) in [5.41, 5.74) is 27.2. The first-order valence-corrected chi connectivity index (χ1v) is 30.6. The predicted octanol–water partition coefficient (Wildman–Crippen LogP) is 21.6. The Labute approximate surface area is 485 Å². The van der Waals surface area contributed by atoms with Crippen molar-refractivity contribution in [2.45, 2.75) is 86.9 Å². The Kier molecular flexibility index (Phi) is 10.4. The molecule has 11 aromatic carbocycles. The van der Waals surface area contributed by atoms with Crippen molar-refractivity contribution < 1.29 is 9.15 Å². The number of para-hydroxylation sites is 4. The fraction of sp³-hybridized carbons (Fsp3) is 0.175. The van der Waals surface area contributed by atoms with E-state index in [4.69, 9.17) is 9.15 Å². The Bertz CT molecular complexity index is 4530. The normalized spacial score (nSPS) is 16.6. The number of furan rings is 1. The SMILES string of the molecule is c1ccc2c(c1)Oc1ccc(N(c3ccc4c(c3)C3(c5ccccc5-c5ccccc53)c3ccccc3-4)c3ccccc3-c3cccc4c3oc3ccccc34)cc1C21c2cc(C3CCCCC3)ccc2-c2ccc(C3CCCCC3)cc21. The van der Waals surface area contributed by atoms with Gasteiger partial charge >= 0.3 is 0 Å². The Hall–Kier alpha value is -9.18. The molecule has 1 aromatic heterocycles. The fourth-order valence-corrected chi connectivity index (χ4v) is 17.0. The van der Waals surface area contributed by atoms with E-state index in [1.165, 1.54) is 153 Å². The molecule has 0 radical (unpaired) electrons. The molecule has 3 nitrogen and oxygen atoms in total. The van der Waals surface area contributed by atoms with Gasteiger partial charge < -0.3 is 14.1 Å². The Morgan fingerprint density at radius 2 is 0.759 bits per heavy atom. The standard InChI is InChI=1S/C80H61NO2/c1-3-20-50(21-4-1)52-38-42-59-60-43-39-53(51-22-5-2-6-23-51)47-71(60)80(70(59)46-52)69-34-15-18-37-76(69)82-77-45-41-55(49-73(77)80)81(74-35-16-10-27-62(74)64-29-19-30-65-63-28-11-17-36-75(63)83-78(64)65)54-40-44-61-58-26-9-14-33-68(58)79(72(61)48-54)66-31-12-7-24-56(66)57-25-8-13-32-67(57)79/h7-19,24-51H,1-6,20-23H2. The summed E-state index contributed by atoms with van der Waals surface area (Å²) in [6, 6.07) is 90.3. The van der Waals surface area contributed by atoms with Gasteiger partial charge in [0, 0.05) is 44.4 Å². The third-order valence-corrected chi connectivity index (χ3v) is 20.6. The molecule has 1 aliphatic heterocycles. The van der Waals surface area contributed by atoms with Crippen LogP contribution < -0.4 is 9.64 Å². The lowest BCUT2D eigenvalue weighted by molar-refractivity contribution is 0.433. The first-order chi connectivity index (χ1) is 41.2. The third-order valence-electron chi connectivity index (χ3n) is 20.6. The summed E-state index contributed by atoms with van der Waals surface area (Å²) in [7, 11) is 0. The van der Waals surface area contributed by atoms with Crippen LogP contribution in [0.25, 0.3) is 66.4 Å². The summed E-state index contributed by atoms with van der Waals surface area (Å²) in [6.07, 6.45) is 12.8. The van der Waals surface area contributed by atoms with Gasteiger partial charge in [0.15, 0.2) is 0 Å². The van der Waals surface area contributed by atoms with Crippen LogP contribution in [0.5, 0.6) is 11.5 Å². The lowest BCUT2D eigenvalue weighted by atomic mass is 9.65. The van der Waals surface area contributed by atoms with Crippen molar-refractivity contribution in [3.8, 4) is 56.0 Å². The molecule has 0 bridgehead atoms. The van der Waals surface area contributed by atoms with E-state index in [0.29, 0.717) is 11.8 Å². The summed E-state index contributed by atoms with van der Waals surface area (Å²) in [5, 5.41) is 2.23. The third kappa shape index (κ3) is 6.62. The zero-order valence-corrected chi connectivity index (χ0v) is 46.5. The first kappa shape index (κ1) is 47.5. The number of ether oxygens (including phenoxy) is 1. The second kappa shape index (κ2) is 18.2. The van der Waals surface area contributed by atoms with Crippen molar-refractivity contribution in [2.75, 3.05) is 4.90 Å². The van der Waals surface area contributed by atoms with Crippen molar-refractivity contribution in [1.82, 2.24) is 0 Å². The van der Waals surface area contributed by atoms with Crippen LogP contribution in [0.4, 0.5) is 17.1 Å². The summed E-state index contributed by atoms with van der Waals surface area (Å²) in [6.45, 7) is 0. The molecule has 0 unspecified atom stereocenters. The summed E-state index contributed by atoms with van der Waals surface area (Å²) < 4.78 is 14.2. The number of fused-ring (bicyclic) bond motifs is 22. The van der Waals surface area contributed by atoms with E-state index in [0.717, 1.165) is 61.6 Å². The number of benzene rings is 11. The van der Waals surface area contributed by atoms with E-state index >= 15 is 0 Å². The van der Waals surface area contributed by atoms with Gasteiger partial charge in [-0.2, -0.15) is 0 Å². The average Bonchev–Trinajstić information content (AvgIpc) is 1.81. The van der Waals surface area contributed by atoms with Crippen molar-refractivity contribution >= 4 is 39.0 Å². The fourth-order valence-electron chi connectivity index (χ4n) is 17.0. The molecule has 0 atom stereocenters. The number of hydrogen-bond acceptors (Lipinski definition) is 3. The molecule has 0 N–H and O–H groups in total. The molecule has 398 valence electrons. The molecule has 0 saturated heterocycles. The van der Waals surface area contributed by atoms with E-state index in [-0.39, 0.29) is 0 Å². The molecule has 3 heteroatoms. The maximum atomic E-state index is 7.30. The highest BCUT2D eigenvalue weighted by Gasteiger charge is 2.54. The molecule has 0 amide bonds. The summed E-state index contributed by atoms with van der Waals surface area (Å²) in [4.78, 5) is 2.56. The second-order valence-electron chi connectivity index (χ2n) is 24.6. The minimum absolute atomic E-state index is 0.527. The van der Waals surface area contributed by atoms with E-state index in [9.17, 15) is 0 Å². The van der Waals surface area contributed by atoms with Crippen LogP contribution in [0.2, 0.25) is 0 Å². The molecular formula is C80H61NO2. The first-order valence-electron chi connectivity index (χ1n) is 30.6. The quantitative estimate of drug-likeness (QED) is 0.166. The van der Waals surface area contributed by atoms with Crippen molar-refractivity contribution in [3.05, 3.63) is 292 Å². The van der Waals surface area contributed by atoms with Crippen molar-refractivity contribution in [3.63, 3.8) is 0 Å². The molecular weight excluding hydrogens is 1010 g/mol. The van der Waals surface area contributed by atoms with Crippen LogP contribution in [-0.2, 0) is 10.8 Å². The summed E-state index contributed by atoms with van der Waals surface area (Å²) in [5.74, 6) is 2.93. The highest BCUT2D eigenvalue weighted by Crippen LogP contribution is 2.66. The Morgan fingerprint density at radius 3 is 1.40 bits per heavy atom. The van der Waals surface area contributed by atoms with Crippen LogP contribution in [-0.4, -0.2) is 0 Å². The van der Waals surface area contributed by atoms with Gasteiger partial charge in [0.05, 0.1) is 16.5 Å². The monoisotopic (exact) mass is 1070 g/mol. The average molecular weight is 1070 g/mol. The van der Waals surface area contributed by atoms with E-state index in [1.807, 2.05) is 0 Å². The van der Waals surface area contributed by atoms with E-state index < -0.39 is 10.8 Å². The zero-order chi connectivity index (χ0) is 54.4. The van der Waals surface area contributed by atoms with E-state index in [1.54, 1.807) is 0 Å². The molecule has 12 aromatic rings. The summed E-state index contributed by atoms with van der Waals surface area (Å²) >= 11 is 0. The van der Waals surface area contributed by atoms with E-state index in [2.05, 4.69) is 241 Å². The minimum atomic E-state index is -0.661. The zero-order valence-electron chi connectivity index (χ0n) is 46.5. The molecule has 83 heavy (non-hydrogen) atoms. The predicted molar refractivity (Wildman–Crippen MR) is 339 cm³/mol. The largest absolute Gasteiger partial charge is 0.457 e. The Morgan fingerprint density at radius 1 is 0.313 bits per heavy atom. The van der Waals surface area contributed by atoms with Gasteiger partial charge in [-0.15, -0.1) is 0 Å². The molecule has 2 fully saturated rings. The van der Waals surface area contributed by atoms with Gasteiger partial charge in [0.2, 0.25) is 0 Å². The van der Waals surface area contributed by atoms with Gasteiger partial charge in [-0.3, -0.25) is 0 Å². The highest BCUT2D eigenvalue weighted by molar-refractivity contribution is 6.11. The number of hydrogen-bond donors (Lipinski definition) is 0. The number of rotatable bonds is 6. The van der Waals surface area contributed by atoms with Gasteiger partial charge in [0.1, 0.15) is 22.7 Å². The minimum Gasteiger partial charge on any atom is -0.457 e. The van der Waals surface area contributed by atoms with Crippen LogP contribution in [0.3, 0.4) is 0 Å². The van der Waals surface area contributed by atoms with Gasteiger partial charge in [-0.1, -0.05) is 227 Å². The molecule has 2 heterocycles. The van der Waals surface area contributed by atoms with Crippen molar-refractivity contribution in [2.24, 2.45) is 0 Å². The van der Waals surface area contributed by atoms with Crippen LogP contribution in [0.15, 0.2) is 241 Å². The number of anilines is 3. The molecule has 2 spiro atoms. The van der Waals surface area contributed by atoms with Gasteiger partial charge in [0.25, 0.3) is 0 Å². The Balaban J connectivity index is 0.923. The second-order valence-corrected chi connectivity index (χ2v) is 24.6. The van der Waals surface area contributed by atoms with Crippen LogP contribution >= 0.6 is 0 Å². The lowest BCUT2D eigenvalue weighted by Crippen LogP contribution is -2.33. The molecule has 2 saturated carbocycles. The van der Waals surface area contributed by atoms with Crippen LogP contribution in [0.1, 0.15) is 132 Å². The smallest absolute Gasteiger partial charge is 0.143 e. The molecule has 5 aliphatic carbocycles. The topological polar surface area (TPSA) is 25.6 Å². The number of nitrogens with zero attached hydrogens (tertiary/aromatic N) is 1. The lowest BCUT2D eigenvalue weighted by Gasteiger charge is -2.41. The van der Waals surface area contributed by atoms with Crippen molar-refractivity contribution in [1.29, 1.82) is 0 Å². The maximum absolute atomic E-state index is 7.30. The van der Waals surface area contributed by atoms with Crippen LogP contribution in [0, 0.1) is 0 Å². The highest BCUT2D eigenvalue weighted by atomic mass is 16.5. The van der Waals surface area contributed by atoms with Gasteiger partial charge in [-0.05, 0) is 164 Å². The molecule has 18 rings (SSSR count).